The first-order chi connectivity index (χ1) is 8.26. The van der Waals surface area contributed by atoms with E-state index in [-0.39, 0.29) is 6.54 Å². The Balaban J connectivity index is 2.45. The smallest absolute Gasteiger partial charge is 0.349 e. The molecule has 106 valence electrons. The van der Waals surface area contributed by atoms with Gasteiger partial charge in [-0.15, -0.1) is 0 Å². The maximum Gasteiger partial charge on any atom is 0.389 e. The highest BCUT2D eigenvalue weighted by Gasteiger charge is 2.35. The van der Waals surface area contributed by atoms with Crippen molar-refractivity contribution in [3.63, 3.8) is 0 Å². The van der Waals surface area contributed by atoms with Gasteiger partial charge < -0.3 is 11.1 Å². The van der Waals surface area contributed by atoms with Crippen LogP contribution in [0.2, 0.25) is 0 Å². The van der Waals surface area contributed by atoms with E-state index < -0.39 is 30.5 Å². The van der Waals surface area contributed by atoms with Crippen LogP contribution in [0.3, 0.4) is 0 Å². The van der Waals surface area contributed by atoms with E-state index >= 15 is 0 Å². The molecular weight excluding hydrogens is 245 g/mol. The predicted molar refractivity (Wildman–Crippen MR) is 62.8 cm³/mol. The summed E-state index contributed by atoms with van der Waals surface area (Å²) in [5.41, 5.74) is 5.19. The zero-order chi connectivity index (χ0) is 13.8. The molecule has 0 unspecified atom stereocenters. The molecule has 0 bridgehead atoms. The van der Waals surface area contributed by atoms with Crippen molar-refractivity contribution >= 4 is 5.91 Å². The lowest BCUT2D eigenvalue weighted by atomic mass is 9.77. The lowest BCUT2D eigenvalue weighted by Gasteiger charge is -2.39. The van der Waals surface area contributed by atoms with Crippen LogP contribution in [0.1, 0.15) is 45.4 Å². The zero-order valence-electron chi connectivity index (χ0n) is 10.6. The topological polar surface area (TPSA) is 55.1 Å². The highest BCUT2D eigenvalue weighted by molar-refractivity contribution is 5.76. The minimum absolute atomic E-state index is 0.289. The molecule has 1 rings (SSSR count). The van der Waals surface area contributed by atoms with E-state index in [9.17, 15) is 18.0 Å². The summed E-state index contributed by atoms with van der Waals surface area (Å²) in [6.45, 7) is 2.42. The lowest BCUT2D eigenvalue weighted by molar-refractivity contribution is -0.145. The second-order valence-electron chi connectivity index (χ2n) is 5.33. The molecule has 0 aromatic carbocycles. The SMILES string of the molecule is CC1CCC(CN)(NC(=O)CCC(F)(F)F)CC1. The van der Waals surface area contributed by atoms with Crippen LogP contribution in [0, 0.1) is 5.92 Å². The van der Waals surface area contributed by atoms with Gasteiger partial charge in [-0.25, -0.2) is 0 Å². The van der Waals surface area contributed by atoms with Crippen LogP contribution in [0.4, 0.5) is 13.2 Å². The lowest BCUT2D eigenvalue weighted by Crippen LogP contribution is -2.55. The summed E-state index contributed by atoms with van der Waals surface area (Å²) in [5, 5.41) is 2.71. The van der Waals surface area contributed by atoms with Crippen molar-refractivity contribution in [3.8, 4) is 0 Å². The Hall–Kier alpha value is -0.780. The number of amides is 1. The molecule has 3 nitrogen and oxygen atoms in total. The zero-order valence-corrected chi connectivity index (χ0v) is 10.6. The van der Waals surface area contributed by atoms with Gasteiger partial charge in [-0.2, -0.15) is 13.2 Å². The van der Waals surface area contributed by atoms with Crippen molar-refractivity contribution in [1.82, 2.24) is 5.32 Å². The average Bonchev–Trinajstić information content (AvgIpc) is 2.29. The van der Waals surface area contributed by atoms with E-state index in [1.54, 1.807) is 0 Å². The van der Waals surface area contributed by atoms with Gasteiger partial charge in [-0.05, 0) is 31.6 Å². The summed E-state index contributed by atoms with van der Waals surface area (Å²) >= 11 is 0. The highest BCUT2D eigenvalue weighted by atomic mass is 19.4. The number of carbonyl (C=O) groups is 1. The summed E-state index contributed by atoms with van der Waals surface area (Å²) in [5.74, 6) is 0.0454. The van der Waals surface area contributed by atoms with E-state index in [0.29, 0.717) is 5.92 Å². The largest absolute Gasteiger partial charge is 0.389 e. The molecular formula is C12H21F3N2O. The summed E-state index contributed by atoms with van der Waals surface area (Å²) in [7, 11) is 0. The van der Waals surface area contributed by atoms with E-state index in [1.165, 1.54) is 0 Å². The maximum atomic E-state index is 12.0. The van der Waals surface area contributed by atoms with E-state index in [1.807, 2.05) is 0 Å². The normalized spacial score (nSPS) is 29.1. The number of nitrogens with one attached hydrogen (secondary N) is 1. The molecule has 1 saturated carbocycles. The molecule has 1 aliphatic rings. The van der Waals surface area contributed by atoms with Crippen LogP contribution < -0.4 is 11.1 Å². The van der Waals surface area contributed by atoms with Crippen LogP contribution in [0.5, 0.6) is 0 Å². The van der Waals surface area contributed by atoms with Gasteiger partial charge in [0, 0.05) is 13.0 Å². The molecule has 3 N–H and O–H groups in total. The van der Waals surface area contributed by atoms with Gasteiger partial charge in [-0.3, -0.25) is 4.79 Å². The average molecular weight is 266 g/mol. The highest BCUT2D eigenvalue weighted by Crippen LogP contribution is 2.31. The van der Waals surface area contributed by atoms with Crippen molar-refractivity contribution in [2.45, 2.75) is 57.2 Å². The quantitative estimate of drug-likeness (QED) is 0.820. The second kappa shape index (κ2) is 5.91. The van der Waals surface area contributed by atoms with Gasteiger partial charge in [-0.1, -0.05) is 6.92 Å². The molecule has 0 aliphatic heterocycles. The standard InChI is InChI=1S/C12H21F3N2O/c1-9-2-5-11(8-16,6-3-9)17-10(18)4-7-12(13,14)15/h9H,2-8,16H2,1H3,(H,17,18). The van der Waals surface area contributed by atoms with Crippen LogP contribution in [0.15, 0.2) is 0 Å². The molecule has 0 heterocycles. The third kappa shape index (κ3) is 4.84. The molecule has 1 aliphatic carbocycles. The fourth-order valence-corrected chi connectivity index (χ4v) is 2.31. The number of carbonyl (C=O) groups excluding carboxylic acids is 1. The van der Waals surface area contributed by atoms with Gasteiger partial charge in [0.1, 0.15) is 0 Å². The number of halogens is 3. The fourth-order valence-electron chi connectivity index (χ4n) is 2.31. The number of nitrogens with two attached hydrogens (primary N) is 1. The molecule has 1 amide bonds. The van der Waals surface area contributed by atoms with E-state index in [0.717, 1.165) is 25.7 Å². The molecule has 0 aromatic rings. The molecule has 0 spiro atoms. The first-order valence-corrected chi connectivity index (χ1v) is 6.34. The van der Waals surface area contributed by atoms with Crippen LogP contribution >= 0.6 is 0 Å². The number of alkyl halides is 3. The van der Waals surface area contributed by atoms with Gasteiger partial charge in [0.15, 0.2) is 0 Å². The number of hydrogen-bond donors (Lipinski definition) is 2. The third-order valence-electron chi connectivity index (χ3n) is 3.66. The molecule has 0 radical (unpaired) electrons. The van der Waals surface area contributed by atoms with Crippen molar-refractivity contribution in [2.24, 2.45) is 11.7 Å². The Morgan fingerprint density at radius 2 is 1.94 bits per heavy atom. The van der Waals surface area contributed by atoms with Gasteiger partial charge in [0.2, 0.25) is 5.91 Å². The monoisotopic (exact) mass is 266 g/mol. The van der Waals surface area contributed by atoms with Gasteiger partial charge in [0.25, 0.3) is 0 Å². The Morgan fingerprint density at radius 3 is 2.39 bits per heavy atom. The van der Waals surface area contributed by atoms with Gasteiger partial charge >= 0.3 is 6.18 Å². The van der Waals surface area contributed by atoms with Crippen LogP contribution in [-0.4, -0.2) is 24.2 Å². The maximum absolute atomic E-state index is 12.0. The summed E-state index contributed by atoms with van der Waals surface area (Å²) in [6.07, 6.45) is -2.46. The Morgan fingerprint density at radius 1 is 1.39 bits per heavy atom. The molecule has 0 saturated heterocycles. The Labute approximate surface area is 105 Å². The van der Waals surface area contributed by atoms with Crippen LogP contribution in [0.25, 0.3) is 0 Å². The summed E-state index contributed by atoms with van der Waals surface area (Å²) in [6, 6.07) is 0. The summed E-state index contributed by atoms with van der Waals surface area (Å²) in [4.78, 5) is 11.5. The minimum Gasteiger partial charge on any atom is -0.349 e. The van der Waals surface area contributed by atoms with Crippen molar-refractivity contribution < 1.29 is 18.0 Å². The summed E-state index contributed by atoms with van der Waals surface area (Å²) < 4.78 is 36.1. The third-order valence-corrected chi connectivity index (χ3v) is 3.66. The minimum atomic E-state index is -4.28. The van der Waals surface area contributed by atoms with Crippen molar-refractivity contribution in [3.05, 3.63) is 0 Å². The molecule has 1 fully saturated rings. The second-order valence-corrected chi connectivity index (χ2v) is 5.33. The molecule has 18 heavy (non-hydrogen) atoms. The number of rotatable bonds is 4. The van der Waals surface area contributed by atoms with E-state index in [2.05, 4.69) is 12.2 Å². The Kier molecular flexibility index (Phi) is 5.01. The molecule has 0 atom stereocenters. The number of hydrogen-bond acceptors (Lipinski definition) is 2. The van der Waals surface area contributed by atoms with E-state index in [4.69, 9.17) is 5.73 Å². The molecule has 6 heteroatoms. The van der Waals surface area contributed by atoms with Crippen LogP contribution in [-0.2, 0) is 4.79 Å². The van der Waals surface area contributed by atoms with Gasteiger partial charge in [0.05, 0.1) is 12.0 Å². The van der Waals surface area contributed by atoms with Crippen molar-refractivity contribution in [1.29, 1.82) is 0 Å². The Bertz CT molecular complexity index is 284. The first-order valence-electron chi connectivity index (χ1n) is 6.34. The van der Waals surface area contributed by atoms with Crippen molar-refractivity contribution in [2.75, 3.05) is 6.54 Å². The first kappa shape index (κ1) is 15.3. The molecule has 0 aromatic heterocycles. The predicted octanol–water partition coefficient (Wildman–Crippen LogP) is 2.35. The fraction of sp³-hybridized carbons (Fsp3) is 0.917.